The molecule has 5 nitrogen and oxygen atoms in total. The lowest BCUT2D eigenvalue weighted by atomic mass is 9.78. The van der Waals surface area contributed by atoms with E-state index in [2.05, 4.69) is 5.32 Å². The average molecular weight is 304 g/mol. The molecule has 1 aliphatic rings. The van der Waals surface area contributed by atoms with Crippen LogP contribution in [0, 0.1) is 11.8 Å². The highest BCUT2D eigenvalue weighted by molar-refractivity contribution is 5.84. The van der Waals surface area contributed by atoms with E-state index in [1.54, 1.807) is 7.11 Å². The van der Waals surface area contributed by atoms with Crippen LogP contribution < -0.4 is 15.2 Å². The molecule has 1 amide bonds. The maximum absolute atomic E-state index is 12.2. The Morgan fingerprint density at radius 1 is 1.18 bits per heavy atom. The van der Waals surface area contributed by atoms with Gasteiger partial charge in [-0.1, -0.05) is 25.0 Å². The van der Waals surface area contributed by atoms with E-state index in [0.29, 0.717) is 25.8 Å². The van der Waals surface area contributed by atoms with Gasteiger partial charge in [0, 0.05) is 24.3 Å². The Morgan fingerprint density at radius 3 is 2.41 bits per heavy atom. The monoisotopic (exact) mass is 304 g/mol. The van der Waals surface area contributed by atoms with Gasteiger partial charge >= 0.3 is 0 Å². The number of hydrogen-bond acceptors (Lipinski definition) is 4. The first-order valence-corrected chi connectivity index (χ1v) is 7.73. The first-order chi connectivity index (χ1) is 10.6. The minimum Gasteiger partial charge on any atom is -0.550 e. The molecule has 5 heteroatoms. The molecule has 0 saturated heterocycles. The van der Waals surface area contributed by atoms with Crippen LogP contribution in [0.15, 0.2) is 24.3 Å². The number of hydrogen-bond donors (Lipinski definition) is 1. The smallest absolute Gasteiger partial charge is 0.223 e. The van der Waals surface area contributed by atoms with Gasteiger partial charge in [-0.15, -0.1) is 0 Å². The number of amides is 1. The Labute approximate surface area is 130 Å². The first kappa shape index (κ1) is 16.3. The summed E-state index contributed by atoms with van der Waals surface area (Å²) >= 11 is 0. The van der Waals surface area contributed by atoms with Crippen molar-refractivity contribution in [1.29, 1.82) is 0 Å². The minimum absolute atomic E-state index is 0.164. The van der Waals surface area contributed by atoms with Crippen LogP contribution in [0.5, 0.6) is 5.75 Å². The first-order valence-electron chi connectivity index (χ1n) is 7.73. The van der Waals surface area contributed by atoms with E-state index in [0.717, 1.165) is 24.2 Å². The van der Waals surface area contributed by atoms with Crippen molar-refractivity contribution in [3.63, 3.8) is 0 Å². The van der Waals surface area contributed by atoms with Gasteiger partial charge in [-0.25, -0.2) is 0 Å². The highest BCUT2D eigenvalue weighted by Crippen LogP contribution is 2.29. The summed E-state index contributed by atoms with van der Waals surface area (Å²) in [6.45, 7) is 0.501. The number of carboxylic acid groups (broad SMARTS) is 1. The van der Waals surface area contributed by atoms with Gasteiger partial charge in [0.05, 0.1) is 7.11 Å². The molecule has 120 valence electrons. The number of rotatable bonds is 6. The van der Waals surface area contributed by atoms with Gasteiger partial charge in [0.25, 0.3) is 0 Å². The molecule has 1 aromatic carbocycles. The third-order valence-electron chi connectivity index (χ3n) is 4.28. The van der Waals surface area contributed by atoms with Crippen molar-refractivity contribution in [3.05, 3.63) is 29.8 Å². The Hall–Kier alpha value is -2.04. The fourth-order valence-corrected chi connectivity index (χ4v) is 2.98. The molecular weight excluding hydrogens is 282 g/mol. The lowest BCUT2D eigenvalue weighted by Crippen LogP contribution is -2.44. The molecule has 1 aliphatic carbocycles. The van der Waals surface area contributed by atoms with Crippen molar-refractivity contribution in [2.45, 2.75) is 32.1 Å². The third kappa shape index (κ3) is 4.23. The lowest BCUT2D eigenvalue weighted by molar-refractivity contribution is -0.314. The number of methoxy groups -OCH3 is 1. The highest BCUT2D eigenvalue weighted by Gasteiger charge is 2.31. The van der Waals surface area contributed by atoms with E-state index in [1.807, 2.05) is 24.3 Å². The van der Waals surface area contributed by atoms with Crippen LogP contribution in [0.25, 0.3) is 0 Å². The topological polar surface area (TPSA) is 78.5 Å². The van der Waals surface area contributed by atoms with E-state index in [1.165, 1.54) is 0 Å². The number of benzene rings is 1. The van der Waals surface area contributed by atoms with Crippen LogP contribution in [0.3, 0.4) is 0 Å². The van der Waals surface area contributed by atoms with Gasteiger partial charge in [-0.05, 0) is 37.0 Å². The summed E-state index contributed by atoms with van der Waals surface area (Å²) in [5, 5.41) is 14.0. The molecule has 2 rings (SSSR count). The summed E-state index contributed by atoms with van der Waals surface area (Å²) in [5.74, 6) is -1.56. The summed E-state index contributed by atoms with van der Waals surface area (Å²) in [4.78, 5) is 23.3. The van der Waals surface area contributed by atoms with Crippen molar-refractivity contribution in [2.75, 3.05) is 13.7 Å². The molecule has 0 bridgehead atoms. The molecule has 0 heterocycles. The normalized spacial score (nSPS) is 21.1. The van der Waals surface area contributed by atoms with E-state index in [4.69, 9.17) is 4.74 Å². The summed E-state index contributed by atoms with van der Waals surface area (Å²) in [7, 11) is 1.62. The largest absolute Gasteiger partial charge is 0.550 e. The Kier molecular flexibility index (Phi) is 5.81. The molecule has 1 N–H and O–H groups in total. The van der Waals surface area contributed by atoms with Gasteiger partial charge in [-0.2, -0.15) is 0 Å². The zero-order valence-electron chi connectivity index (χ0n) is 12.8. The fraction of sp³-hybridized carbons (Fsp3) is 0.529. The molecule has 0 aliphatic heterocycles. The number of carbonyl (C=O) groups excluding carboxylic acids is 2. The Bertz CT molecular complexity index is 512. The Balaban J connectivity index is 1.82. The number of aliphatic carboxylic acids is 1. The summed E-state index contributed by atoms with van der Waals surface area (Å²) in [6, 6.07) is 7.67. The maximum Gasteiger partial charge on any atom is 0.223 e. The SMILES string of the molecule is COc1ccc(CCNC(=O)[C@@H]2CCCC[C@@H]2C(=O)[O-])cc1. The zero-order chi connectivity index (χ0) is 15.9. The maximum atomic E-state index is 12.2. The predicted octanol–water partition coefficient (Wildman–Crippen LogP) is 0.910. The van der Waals surface area contributed by atoms with Crippen LogP contribution >= 0.6 is 0 Å². The average Bonchev–Trinajstić information content (AvgIpc) is 2.55. The van der Waals surface area contributed by atoms with E-state index >= 15 is 0 Å². The summed E-state index contributed by atoms with van der Waals surface area (Å²) in [6.07, 6.45) is 3.64. The molecule has 0 spiro atoms. The van der Waals surface area contributed by atoms with Crippen LogP contribution in [0.4, 0.5) is 0 Å². The standard InChI is InChI=1S/C17H23NO4/c1-22-13-8-6-12(7-9-13)10-11-18-16(19)14-4-2-3-5-15(14)17(20)21/h6-9,14-15H,2-5,10-11H2,1H3,(H,18,19)(H,20,21)/p-1/t14-,15+/m1/s1. The van der Waals surface area contributed by atoms with Crippen LogP contribution in [-0.2, 0) is 16.0 Å². The molecule has 2 atom stereocenters. The molecular formula is C17H22NO4-. The van der Waals surface area contributed by atoms with Crippen molar-refractivity contribution in [1.82, 2.24) is 5.32 Å². The number of nitrogens with one attached hydrogen (secondary N) is 1. The van der Waals surface area contributed by atoms with Gasteiger partial charge in [0.2, 0.25) is 5.91 Å². The van der Waals surface area contributed by atoms with Crippen molar-refractivity contribution >= 4 is 11.9 Å². The Morgan fingerprint density at radius 2 is 1.82 bits per heavy atom. The number of carbonyl (C=O) groups is 2. The molecule has 1 aromatic rings. The van der Waals surface area contributed by atoms with Crippen LogP contribution in [-0.4, -0.2) is 25.5 Å². The van der Waals surface area contributed by atoms with E-state index in [-0.39, 0.29) is 5.91 Å². The number of carboxylic acids is 1. The second-order valence-electron chi connectivity index (χ2n) is 5.71. The van der Waals surface area contributed by atoms with Crippen molar-refractivity contribution < 1.29 is 19.4 Å². The zero-order valence-corrected chi connectivity index (χ0v) is 12.8. The van der Waals surface area contributed by atoms with Crippen LogP contribution in [0.1, 0.15) is 31.2 Å². The second-order valence-corrected chi connectivity index (χ2v) is 5.71. The number of ether oxygens (including phenoxy) is 1. The summed E-state index contributed by atoms with van der Waals surface area (Å²) < 4.78 is 5.09. The quantitative estimate of drug-likeness (QED) is 0.847. The van der Waals surface area contributed by atoms with Crippen LogP contribution in [0.2, 0.25) is 0 Å². The predicted molar refractivity (Wildman–Crippen MR) is 80.2 cm³/mol. The van der Waals surface area contributed by atoms with Gasteiger partial charge < -0.3 is 20.0 Å². The van der Waals surface area contributed by atoms with Crippen molar-refractivity contribution in [2.24, 2.45) is 11.8 Å². The molecule has 0 aromatic heterocycles. The molecule has 22 heavy (non-hydrogen) atoms. The minimum atomic E-state index is -1.10. The van der Waals surface area contributed by atoms with E-state index in [9.17, 15) is 14.7 Å². The van der Waals surface area contributed by atoms with Crippen molar-refractivity contribution in [3.8, 4) is 5.75 Å². The molecule has 1 fully saturated rings. The second kappa shape index (κ2) is 7.82. The van der Waals surface area contributed by atoms with E-state index < -0.39 is 17.8 Å². The lowest BCUT2D eigenvalue weighted by Gasteiger charge is -2.31. The van der Waals surface area contributed by atoms with Gasteiger partial charge in [0.1, 0.15) is 5.75 Å². The van der Waals surface area contributed by atoms with Gasteiger partial charge in [0.15, 0.2) is 0 Å². The van der Waals surface area contributed by atoms with Gasteiger partial charge in [-0.3, -0.25) is 4.79 Å². The molecule has 1 saturated carbocycles. The summed E-state index contributed by atoms with van der Waals surface area (Å²) in [5.41, 5.74) is 1.10. The molecule has 0 unspecified atom stereocenters. The molecule has 0 radical (unpaired) electrons. The fourth-order valence-electron chi connectivity index (χ4n) is 2.98. The highest BCUT2D eigenvalue weighted by atomic mass is 16.5. The third-order valence-corrected chi connectivity index (χ3v) is 4.28.